The van der Waals surface area contributed by atoms with Crippen molar-refractivity contribution in [3.8, 4) is 0 Å². The normalized spacial score (nSPS) is 8.08. The van der Waals surface area contributed by atoms with E-state index in [2.05, 4.69) is 27.2 Å². The molecule has 0 spiro atoms. The van der Waals surface area contributed by atoms with Crippen LogP contribution in [0, 0.1) is 6.92 Å². The predicted molar refractivity (Wildman–Crippen MR) is 59.1 cm³/mol. The van der Waals surface area contributed by atoms with Crippen molar-refractivity contribution in [3.63, 3.8) is 0 Å². The van der Waals surface area contributed by atoms with E-state index in [4.69, 9.17) is 23.2 Å². The molecular formula is C7H6Br2Cl2Zn. The first-order chi connectivity index (χ1) is 5.63. The van der Waals surface area contributed by atoms with Crippen LogP contribution >= 0.6 is 50.4 Å². The minimum atomic E-state index is -0.250. The van der Waals surface area contributed by atoms with Gasteiger partial charge in [-0.05, 0) is 24.6 Å². The van der Waals surface area contributed by atoms with Crippen LogP contribution in [0.1, 0.15) is 5.56 Å². The van der Waals surface area contributed by atoms with Crippen LogP contribution in [-0.2, 0) is 13.2 Å². The summed E-state index contributed by atoms with van der Waals surface area (Å²) < 4.78 is 0. The Morgan fingerprint density at radius 1 is 1.17 bits per heavy atom. The molecule has 0 aliphatic heterocycles. The van der Waals surface area contributed by atoms with Gasteiger partial charge < -0.3 is 0 Å². The average molecular weight is 386 g/mol. The molecule has 0 amide bonds. The Hall–Kier alpha value is 1.38. The van der Waals surface area contributed by atoms with E-state index in [-0.39, 0.29) is 13.2 Å². The van der Waals surface area contributed by atoms with Crippen molar-refractivity contribution >= 4 is 50.4 Å². The Balaban J connectivity index is 0.000000354. The van der Waals surface area contributed by atoms with Gasteiger partial charge in [0.05, 0.1) is 0 Å². The number of hydrogen-bond donors (Lipinski definition) is 0. The number of halogens is 4. The minimum absolute atomic E-state index is 0.250. The first kappa shape index (κ1) is 13.4. The molecule has 0 atom stereocenters. The van der Waals surface area contributed by atoms with Crippen LogP contribution in [0.15, 0.2) is 18.2 Å². The number of hydrogen-bond acceptors (Lipinski definition) is 0. The summed E-state index contributed by atoms with van der Waals surface area (Å²) in [5.41, 5.74) is 0.945. The molecule has 5 heteroatoms. The first-order valence-corrected chi connectivity index (χ1v) is 17.8. The zero-order valence-corrected chi connectivity index (χ0v) is 14.1. The molecule has 1 aromatic rings. The molecule has 0 nitrogen and oxygen atoms in total. The number of rotatable bonds is 0. The Labute approximate surface area is 103 Å². The molecule has 0 heterocycles. The summed E-state index contributed by atoms with van der Waals surface area (Å²) in [5.74, 6) is 0. The molecule has 0 fully saturated rings. The molecule has 64 valence electrons. The van der Waals surface area contributed by atoms with Gasteiger partial charge in [0.1, 0.15) is 0 Å². The Kier molecular flexibility index (Phi) is 8.65. The van der Waals surface area contributed by atoms with Crippen molar-refractivity contribution in [1.29, 1.82) is 0 Å². The van der Waals surface area contributed by atoms with Crippen LogP contribution in [-0.4, -0.2) is 0 Å². The molecule has 0 N–H and O–H groups in total. The fourth-order valence-corrected chi connectivity index (χ4v) is 0.979. The molecule has 0 bridgehead atoms. The topological polar surface area (TPSA) is 0 Å². The fourth-order valence-electron chi connectivity index (χ4n) is 0.581. The van der Waals surface area contributed by atoms with Gasteiger partial charge >= 0.3 is 40.5 Å². The van der Waals surface area contributed by atoms with Crippen LogP contribution in [0.4, 0.5) is 0 Å². The van der Waals surface area contributed by atoms with Gasteiger partial charge in [0, 0.05) is 10.0 Å². The van der Waals surface area contributed by atoms with Crippen LogP contribution in [0.2, 0.25) is 10.0 Å². The Morgan fingerprint density at radius 2 is 1.50 bits per heavy atom. The summed E-state index contributed by atoms with van der Waals surface area (Å²) in [5, 5.41) is 1.45. The second kappa shape index (κ2) is 7.76. The van der Waals surface area contributed by atoms with Gasteiger partial charge in [0.2, 0.25) is 0 Å². The molecule has 0 saturated heterocycles. The van der Waals surface area contributed by atoms with E-state index in [1.54, 1.807) is 0 Å². The Bertz CT molecular complexity index is 223. The van der Waals surface area contributed by atoms with Gasteiger partial charge in [0.25, 0.3) is 0 Å². The van der Waals surface area contributed by atoms with Gasteiger partial charge in [-0.1, -0.05) is 29.3 Å². The summed E-state index contributed by atoms with van der Waals surface area (Å²) in [6.07, 6.45) is 0. The summed E-state index contributed by atoms with van der Waals surface area (Å²) in [6.45, 7) is 1.89. The first-order valence-electron chi connectivity index (χ1n) is 3.16. The zero-order valence-electron chi connectivity index (χ0n) is 6.45. The van der Waals surface area contributed by atoms with Gasteiger partial charge in [-0.15, -0.1) is 0 Å². The van der Waals surface area contributed by atoms with Gasteiger partial charge in [-0.3, -0.25) is 0 Å². The van der Waals surface area contributed by atoms with E-state index < -0.39 is 0 Å². The summed E-state index contributed by atoms with van der Waals surface area (Å²) in [6, 6.07) is 5.48. The SMILES string of the molecule is Cc1c(Cl)cccc1Cl.[Br][Zn][Br]. The number of benzene rings is 1. The third-order valence-electron chi connectivity index (χ3n) is 1.20. The predicted octanol–water partition coefficient (Wildman–Crippen LogP) is 4.99. The molecule has 1 rings (SSSR count). The van der Waals surface area contributed by atoms with Crippen molar-refractivity contribution in [2.45, 2.75) is 6.92 Å². The van der Waals surface area contributed by atoms with E-state index in [1.165, 1.54) is 0 Å². The van der Waals surface area contributed by atoms with E-state index in [0.717, 1.165) is 15.6 Å². The zero-order chi connectivity index (χ0) is 9.56. The van der Waals surface area contributed by atoms with Crippen LogP contribution < -0.4 is 0 Å². The molecule has 1 aromatic carbocycles. The molecule has 0 unspecified atom stereocenters. The van der Waals surface area contributed by atoms with Crippen LogP contribution in [0.5, 0.6) is 0 Å². The van der Waals surface area contributed by atoms with Crippen molar-refractivity contribution in [1.82, 2.24) is 0 Å². The van der Waals surface area contributed by atoms with E-state index in [1.807, 2.05) is 25.1 Å². The maximum absolute atomic E-state index is 5.73. The van der Waals surface area contributed by atoms with Crippen molar-refractivity contribution in [2.24, 2.45) is 0 Å². The van der Waals surface area contributed by atoms with E-state index >= 15 is 0 Å². The molecule has 12 heavy (non-hydrogen) atoms. The van der Waals surface area contributed by atoms with Gasteiger partial charge in [-0.2, -0.15) is 0 Å². The molecule has 0 aliphatic rings. The maximum atomic E-state index is 5.73. The van der Waals surface area contributed by atoms with Crippen molar-refractivity contribution < 1.29 is 13.2 Å². The third-order valence-corrected chi connectivity index (χ3v) is 2.02. The summed E-state index contributed by atoms with van der Waals surface area (Å²) in [7, 11) is 0. The molecule has 0 aliphatic carbocycles. The average Bonchev–Trinajstić information content (AvgIpc) is 2.02. The van der Waals surface area contributed by atoms with E-state index in [0.29, 0.717) is 0 Å². The fraction of sp³-hybridized carbons (Fsp3) is 0.143. The standard InChI is InChI=1S/C7H6Cl2.2BrH.Zn/c1-5-6(8)3-2-4-7(5)9;;;/h2-4H,1H3;2*1H;/q;;;+2/p-2. The van der Waals surface area contributed by atoms with Crippen LogP contribution in [0.25, 0.3) is 0 Å². The quantitative estimate of drug-likeness (QED) is 0.551. The molecular weight excluding hydrogens is 380 g/mol. The molecule has 0 radical (unpaired) electrons. The third kappa shape index (κ3) is 5.19. The van der Waals surface area contributed by atoms with Crippen molar-refractivity contribution in [3.05, 3.63) is 33.8 Å². The second-order valence-electron chi connectivity index (χ2n) is 1.95. The van der Waals surface area contributed by atoms with E-state index in [9.17, 15) is 0 Å². The van der Waals surface area contributed by atoms with Gasteiger partial charge in [-0.25, -0.2) is 0 Å². The second-order valence-corrected chi connectivity index (χ2v) is 16.8. The van der Waals surface area contributed by atoms with Gasteiger partial charge in [0.15, 0.2) is 0 Å². The molecule has 0 saturated carbocycles. The van der Waals surface area contributed by atoms with Crippen molar-refractivity contribution in [2.75, 3.05) is 0 Å². The summed E-state index contributed by atoms with van der Waals surface area (Å²) in [4.78, 5) is 0. The Morgan fingerprint density at radius 3 is 1.75 bits per heavy atom. The van der Waals surface area contributed by atoms with Crippen LogP contribution in [0.3, 0.4) is 0 Å². The summed E-state index contributed by atoms with van der Waals surface area (Å²) >= 11 is 17.7. The molecule has 0 aromatic heterocycles. The monoisotopic (exact) mass is 382 g/mol.